The largest absolute Gasteiger partial charge is 0.416 e. The summed E-state index contributed by atoms with van der Waals surface area (Å²) >= 11 is 0. The molecule has 2 aliphatic heterocycles. The number of halogens is 4. The molecule has 2 atom stereocenters. The van der Waals surface area contributed by atoms with E-state index in [2.05, 4.69) is 5.32 Å². The molecule has 2 saturated heterocycles. The molecule has 1 N–H and O–H groups in total. The molecule has 4 rings (SSSR count). The third-order valence-electron chi connectivity index (χ3n) is 7.29. The predicted molar refractivity (Wildman–Crippen MR) is 140 cm³/mol. The SMILES string of the molecule is CC(C)C[C@@H](NC(=O)[C@H]1CCCN1C(=O)c1cccc(S(=O)(=O)N2CC(C#N)C2)c1)c1ccc(C(F)(F)F)cc1F. The van der Waals surface area contributed by atoms with E-state index >= 15 is 0 Å². The van der Waals surface area contributed by atoms with Gasteiger partial charge in [0.1, 0.15) is 11.9 Å². The first-order valence-electron chi connectivity index (χ1n) is 13.2. The average molecular weight is 595 g/mol. The minimum absolute atomic E-state index is 0.0390. The maximum atomic E-state index is 14.8. The molecule has 0 bridgehead atoms. The van der Waals surface area contributed by atoms with Gasteiger partial charge in [0, 0.05) is 30.8 Å². The summed E-state index contributed by atoms with van der Waals surface area (Å²) in [5.74, 6) is -2.64. The lowest BCUT2D eigenvalue weighted by Gasteiger charge is -2.34. The second-order valence-electron chi connectivity index (χ2n) is 10.8. The Morgan fingerprint density at radius 2 is 1.85 bits per heavy atom. The molecule has 0 radical (unpaired) electrons. The van der Waals surface area contributed by atoms with Gasteiger partial charge in [0.25, 0.3) is 5.91 Å². The Labute approximate surface area is 236 Å². The maximum Gasteiger partial charge on any atom is 0.416 e. The number of alkyl halides is 3. The Bertz CT molecular complexity index is 1470. The molecule has 2 aromatic rings. The van der Waals surface area contributed by atoms with E-state index in [0.29, 0.717) is 18.9 Å². The normalized spacial score (nSPS) is 19.1. The molecular weight excluding hydrogens is 564 g/mol. The molecule has 0 unspecified atom stereocenters. The number of amides is 2. The fourth-order valence-electron chi connectivity index (χ4n) is 5.09. The molecule has 220 valence electrons. The van der Waals surface area contributed by atoms with Crippen molar-refractivity contribution in [1.29, 1.82) is 5.26 Å². The molecule has 0 aromatic heterocycles. The van der Waals surface area contributed by atoms with Crippen LogP contribution in [0.3, 0.4) is 0 Å². The number of nitrogens with one attached hydrogen (secondary N) is 1. The molecular formula is C28H30F4N4O4S. The second kappa shape index (κ2) is 11.8. The number of carbonyl (C=O) groups is 2. The van der Waals surface area contributed by atoms with E-state index in [0.717, 1.165) is 16.4 Å². The number of likely N-dealkylation sites (tertiary alicyclic amines) is 1. The third-order valence-corrected chi connectivity index (χ3v) is 9.12. The summed E-state index contributed by atoms with van der Waals surface area (Å²) in [4.78, 5) is 28.0. The quantitative estimate of drug-likeness (QED) is 0.453. The van der Waals surface area contributed by atoms with Crippen LogP contribution >= 0.6 is 0 Å². The van der Waals surface area contributed by atoms with Gasteiger partial charge in [0.2, 0.25) is 15.9 Å². The van der Waals surface area contributed by atoms with E-state index in [1.807, 2.05) is 19.9 Å². The number of hydrogen-bond acceptors (Lipinski definition) is 5. The lowest BCUT2D eigenvalue weighted by molar-refractivity contribution is -0.137. The van der Waals surface area contributed by atoms with Crippen molar-refractivity contribution in [3.05, 3.63) is 65.0 Å². The van der Waals surface area contributed by atoms with Crippen molar-refractivity contribution < 1.29 is 35.6 Å². The molecule has 8 nitrogen and oxygen atoms in total. The molecule has 41 heavy (non-hydrogen) atoms. The van der Waals surface area contributed by atoms with E-state index < -0.39 is 51.5 Å². The number of benzene rings is 2. The van der Waals surface area contributed by atoms with Crippen LogP contribution in [-0.4, -0.2) is 55.1 Å². The van der Waals surface area contributed by atoms with E-state index in [-0.39, 0.29) is 53.9 Å². The van der Waals surface area contributed by atoms with Gasteiger partial charge in [0.05, 0.1) is 28.5 Å². The van der Waals surface area contributed by atoms with Gasteiger partial charge < -0.3 is 10.2 Å². The summed E-state index contributed by atoms with van der Waals surface area (Å²) in [6, 6.07) is 7.82. The van der Waals surface area contributed by atoms with E-state index in [1.165, 1.54) is 29.2 Å². The van der Waals surface area contributed by atoms with Gasteiger partial charge in [-0.05, 0) is 55.5 Å². The summed E-state index contributed by atoms with van der Waals surface area (Å²) in [7, 11) is -3.90. The van der Waals surface area contributed by atoms with E-state index in [4.69, 9.17) is 5.26 Å². The highest BCUT2D eigenvalue weighted by atomic mass is 32.2. The lowest BCUT2D eigenvalue weighted by atomic mass is 9.95. The van der Waals surface area contributed by atoms with Gasteiger partial charge in [-0.1, -0.05) is 26.0 Å². The number of rotatable bonds is 8. The van der Waals surface area contributed by atoms with Gasteiger partial charge in [-0.15, -0.1) is 0 Å². The Morgan fingerprint density at radius 1 is 1.15 bits per heavy atom. The average Bonchev–Trinajstić information content (AvgIpc) is 3.36. The first-order valence-corrected chi connectivity index (χ1v) is 14.6. The highest BCUT2D eigenvalue weighted by Gasteiger charge is 2.39. The minimum atomic E-state index is -4.72. The van der Waals surface area contributed by atoms with Gasteiger partial charge in [-0.2, -0.15) is 22.7 Å². The number of sulfonamides is 1. The van der Waals surface area contributed by atoms with Gasteiger partial charge in [-0.3, -0.25) is 9.59 Å². The molecule has 2 heterocycles. The number of nitriles is 1. The second-order valence-corrected chi connectivity index (χ2v) is 12.7. The Kier molecular flexibility index (Phi) is 8.75. The van der Waals surface area contributed by atoms with Crippen LogP contribution in [-0.2, 0) is 21.0 Å². The zero-order valence-corrected chi connectivity index (χ0v) is 23.3. The van der Waals surface area contributed by atoms with Crippen LogP contribution in [0.2, 0.25) is 0 Å². The lowest BCUT2D eigenvalue weighted by Crippen LogP contribution is -2.49. The summed E-state index contributed by atoms with van der Waals surface area (Å²) in [5.41, 5.74) is -1.15. The monoisotopic (exact) mass is 594 g/mol. The van der Waals surface area contributed by atoms with Crippen molar-refractivity contribution in [3.8, 4) is 6.07 Å². The van der Waals surface area contributed by atoms with E-state index in [1.54, 1.807) is 0 Å². The first kappa shape index (κ1) is 30.5. The summed E-state index contributed by atoms with van der Waals surface area (Å²) < 4.78 is 81.0. The van der Waals surface area contributed by atoms with Crippen LogP contribution in [0, 0.1) is 29.0 Å². The Balaban J connectivity index is 1.52. The molecule has 2 aromatic carbocycles. The van der Waals surface area contributed by atoms with Crippen LogP contribution in [0.5, 0.6) is 0 Å². The summed E-state index contributed by atoms with van der Waals surface area (Å²) in [6.45, 7) is 4.03. The molecule has 13 heteroatoms. The van der Waals surface area contributed by atoms with Crippen molar-refractivity contribution in [2.24, 2.45) is 11.8 Å². The highest BCUT2D eigenvalue weighted by Crippen LogP contribution is 2.33. The Hall–Kier alpha value is -3.50. The van der Waals surface area contributed by atoms with Crippen LogP contribution < -0.4 is 5.32 Å². The number of nitrogens with zero attached hydrogens (tertiary/aromatic N) is 3. The summed E-state index contributed by atoms with van der Waals surface area (Å²) in [6.07, 6.45) is -3.67. The van der Waals surface area contributed by atoms with Crippen LogP contribution in [0.4, 0.5) is 17.6 Å². The fraction of sp³-hybridized carbons (Fsp3) is 0.464. The fourth-order valence-corrected chi connectivity index (χ4v) is 6.67. The summed E-state index contributed by atoms with van der Waals surface area (Å²) in [5, 5.41) is 11.7. The van der Waals surface area contributed by atoms with Crippen LogP contribution in [0.15, 0.2) is 47.4 Å². The molecule has 0 aliphatic carbocycles. The van der Waals surface area contributed by atoms with Gasteiger partial charge in [-0.25, -0.2) is 12.8 Å². The Morgan fingerprint density at radius 3 is 2.46 bits per heavy atom. The molecule has 0 spiro atoms. The molecule has 2 fully saturated rings. The topological polar surface area (TPSA) is 111 Å². The van der Waals surface area contributed by atoms with Crippen molar-refractivity contribution in [2.75, 3.05) is 19.6 Å². The molecule has 2 aliphatic rings. The zero-order valence-electron chi connectivity index (χ0n) is 22.5. The maximum absolute atomic E-state index is 14.8. The van der Waals surface area contributed by atoms with Gasteiger partial charge >= 0.3 is 6.18 Å². The van der Waals surface area contributed by atoms with Crippen LogP contribution in [0.25, 0.3) is 0 Å². The van der Waals surface area contributed by atoms with E-state index in [9.17, 15) is 35.6 Å². The highest BCUT2D eigenvalue weighted by molar-refractivity contribution is 7.89. The standard InChI is InChI=1S/C28H30F4N4O4S/c1-17(2)11-24(22-9-8-20(13-23(22)29)28(30,31)32)34-26(37)25-7-4-10-36(25)27(38)19-5-3-6-21(12-19)41(39,40)35-15-18(14-33)16-35/h3,5-6,8-9,12-13,17-18,24-25H,4,7,10-11,15-16H2,1-2H3,(H,34,37)/t24-,25-/m1/s1. The van der Waals surface area contributed by atoms with Crippen molar-refractivity contribution in [2.45, 2.75) is 56.3 Å². The van der Waals surface area contributed by atoms with Gasteiger partial charge in [0.15, 0.2) is 0 Å². The van der Waals surface area contributed by atoms with Crippen molar-refractivity contribution in [1.82, 2.24) is 14.5 Å². The predicted octanol–water partition coefficient (Wildman–Crippen LogP) is 4.50. The number of carbonyl (C=O) groups excluding carboxylic acids is 2. The van der Waals surface area contributed by atoms with Crippen molar-refractivity contribution >= 4 is 21.8 Å². The molecule has 2 amide bonds. The smallest absolute Gasteiger partial charge is 0.347 e. The van der Waals surface area contributed by atoms with Crippen molar-refractivity contribution in [3.63, 3.8) is 0 Å². The number of hydrogen-bond donors (Lipinski definition) is 1. The molecule has 0 saturated carbocycles. The third kappa shape index (κ3) is 6.54. The minimum Gasteiger partial charge on any atom is -0.347 e. The first-order chi connectivity index (χ1) is 19.2. The van der Waals surface area contributed by atoms with Crippen LogP contribution in [0.1, 0.15) is 60.6 Å². The zero-order chi connectivity index (χ0) is 30.1.